The normalized spacial score (nSPS) is 10.7. The lowest BCUT2D eigenvalue weighted by molar-refractivity contribution is 0.127. The minimum atomic E-state index is -0.160. The van der Waals surface area contributed by atoms with Gasteiger partial charge in [-0.15, -0.1) is 0 Å². The number of methoxy groups -OCH3 is 2. The van der Waals surface area contributed by atoms with Crippen molar-refractivity contribution < 1.29 is 14.3 Å². The summed E-state index contributed by atoms with van der Waals surface area (Å²) in [5, 5.41) is 2.91. The molecule has 25 heavy (non-hydrogen) atoms. The molecule has 0 spiro atoms. The molecule has 0 aliphatic heterocycles. The second-order valence-corrected chi connectivity index (χ2v) is 5.70. The minimum absolute atomic E-state index is 0.160. The van der Waals surface area contributed by atoms with Gasteiger partial charge in [0.05, 0.1) is 13.2 Å². The van der Waals surface area contributed by atoms with Gasteiger partial charge < -0.3 is 24.3 Å². The van der Waals surface area contributed by atoms with Gasteiger partial charge in [-0.05, 0) is 24.6 Å². The number of amides is 2. The number of nitrogens with zero attached hydrogens (tertiary/aromatic N) is 3. The summed E-state index contributed by atoms with van der Waals surface area (Å²) >= 11 is 0. The lowest BCUT2D eigenvalue weighted by Crippen LogP contribution is -2.39. The average molecular weight is 346 g/mol. The van der Waals surface area contributed by atoms with Gasteiger partial charge in [-0.1, -0.05) is 12.1 Å². The van der Waals surface area contributed by atoms with E-state index in [0.717, 1.165) is 23.6 Å². The first kappa shape index (κ1) is 19.0. The second kappa shape index (κ2) is 9.80. The van der Waals surface area contributed by atoms with Gasteiger partial charge in [0.1, 0.15) is 5.82 Å². The summed E-state index contributed by atoms with van der Waals surface area (Å²) in [5.41, 5.74) is 1.91. The number of benzene rings is 1. The smallest absolute Gasteiger partial charge is 0.321 e. The third-order valence-electron chi connectivity index (χ3n) is 3.90. The molecular formula is C18H26N4O3. The Labute approximate surface area is 148 Å². The van der Waals surface area contributed by atoms with Crippen LogP contribution in [-0.2, 0) is 16.0 Å². The largest absolute Gasteiger partial charge is 0.383 e. The highest BCUT2D eigenvalue weighted by Crippen LogP contribution is 2.12. The van der Waals surface area contributed by atoms with Crippen molar-refractivity contribution in [2.45, 2.75) is 13.5 Å². The molecule has 0 radical (unpaired) electrons. The summed E-state index contributed by atoms with van der Waals surface area (Å²) in [4.78, 5) is 18.3. The topological polar surface area (TPSA) is 68.6 Å². The molecule has 0 saturated heterocycles. The highest BCUT2D eigenvalue weighted by atomic mass is 16.5. The Morgan fingerprint density at radius 3 is 2.32 bits per heavy atom. The fraction of sp³-hybridized carbons (Fsp3) is 0.444. The molecule has 0 unspecified atom stereocenters. The second-order valence-electron chi connectivity index (χ2n) is 5.70. The van der Waals surface area contributed by atoms with Crippen LogP contribution in [0.25, 0.3) is 0 Å². The Balaban J connectivity index is 1.94. The Morgan fingerprint density at radius 2 is 1.80 bits per heavy atom. The Morgan fingerprint density at radius 1 is 1.16 bits per heavy atom. The molecule has 1 N–H and O–H groups in total. The maximum Gasteiger partial charge on any atom is 0.321 e. The maximum atomic E-state index is 12.4. The van der Waals surface area contributed by atoms with E-state index in [1.807, 2.05) is 37.4 Å². The van der Waals surface area contributed by atoms with Gasteiger partial charge in [0.25, 0.3) is 0 Å². The lowest BCUT2D eigenvalue weighted by atomic mass is 10.2. The van der Waals surface area contributed by atoms with Crippen molar-refractivity contribution in [3.8, 4) is 0 Å². The number of urea groups is 1. The van der Waals surface area contributed by atoms with Crippen molar-refractivity contribution in [1.82, 2.24) is 14.5 Å². The third kappa shape index (κ3) is 5.88. The zero-order chi connectivity index (χ0) is 18.1. The summed E-state index contributed by atoms with van der Waals surface area (Å²) in [6, 6.07) is 7.66. The minimum Gasteiger partial charge on any atom is -0.383 e. The molecule has 0 fully saturated rings. The fourth-order valence-corrected chi connectivity index (χ4v) is 2.38. The zero-order valence-corrected chi connectivity index (χ0v) is 15.1. The molecular weight excluding hydrogens is 320 g/mol. The van der Waals surface area contributed by atoms with Crippen LogP contribution in [0.1, 0.15) is 11.4 Å². The number of nitrogens with one attached hydrogen (secondary N) is 1. The molecule has 7 heteroatoms. The van der Waals surface area contributed by atoms with Crippen molar-refractivity contribution in [1.29, 1.82) is 0 Å². The van der Waals surface area contributed by atoms with E-state index in [9.17, 15) is 4.79 Å². The molecule has 0 saturated carbocycles. The summed E-state index contributed by atoms with van der Waals surface area (Å²) in [7, 11) is 3.24. The van der Waals surface area contributed by atoms with Crippen molar-refractivity contribution in [3.05, 3.63) is 48.0 Å². The SMILES string of the molecule is COCCN(CCOC)C(=O)Nc1ccc(Cn2ccnc2C)cc1. The number of carbonyl (C=O) groups excluding carboxylic acids is 1. The Kier molecular flexibility index (Phi) is 7.43. The molecule has 0 bridgehead atoms. The number of rotatable bonds is 9. The Bertz CT molecular complexity index is 647. The standard InChI is InChI=1S/C18H26N4O3/c1-15-19-8-9-22(15)14-16-4-6-17(7-5-16)20-18(23)21(10-12-24-2)11-13-25-3/h4-9H,10-14H2,1-3H3,(H,20,23). The summed E-state index contributed by atoms with van der Waals surface area (Å²) < 4.78 is 12.2. The van der Waals surface area contributed by atoms with Gasteiger partial charge in [0.15, 0.2) is 0 Å². The molecule has 136 valence electrons. The van der Waals surface area contributed by atoms with Crippen LogP contribution in [0.2, 0.25) is 0 Å². The highest BCUT2D eigenvalue weighted by molar-refractivity contribution is 5.89. The average Bonchev–Trinajstić information content (AvgIpc) is 3.01. The van der Waals surface area contributed by atoms with Crippen LogP contribution in [0.3, 0.4) is 0 Å². The van der Waals surface area contributed by atoms with Gasteiger partial charge in [0.2, 0.25) is 0 Å². The molecule has 2 aromatic rings. The number of imidazole rings is 1. The van der Waals surface area contributed by atoms with Crippen LogP contribution < -0.4 is 5.32 Å². The molecule has 2 rings (SSSR count). The van der Waals surface area contributed by atoms with Crippen LogP contribution in [-0.4, -0.2) is 61.0 Å². The fourth-order valence-electron chi connectivity index (χ4n) is 2.38. The van der Waals surface area contributed by atoms with E-state index in [-0.39, 0.29) is 6.03 Å². The van der Waals surface area contributed by atoms with Crippen molar-refractivity contribution >= 4 is 11.7 Å². The predicted molar refractivity (Wildman–Crippen MR) is 96.9 cm³/mol. The highest BCUT2D eigenvalue weighted by Gasteiger charge is 2.13. The van der Waals surface area contributed by atoms with Crippen molar-refractivity contribution in [2.75, 3.05) is 45.8 Å². The predicted octanol–water partition coefficient (Wildman–Crippen LogP) is 2.37. The number of anilines is 1. The van der Waals surface area contributed by atoms with E-state index >= 15 is 0 Å². The number of hydrogen-bond donors (Lipinski definition) is 1. The molecule has 1 aromatic heterocycles. The van der Waals surface area contributed by atoms with E-state index in [4.69, 9.17) is 9.47 Å². The maximum absolute atomic E-state index is 12.4. The molecule has 1 aromatic carbocycles. The molecule has 0 atom stereocenters. The van der Waals surface area contributed by atoms with Crippen LogP contribution in [0.4, 0.5) is 10.5 Å². The number of carbonyl (C=O) groups is 1. The third-order valence-corrected chi connectivity index (χ3v) is 3.90. The number of aromatic nitrogens is 2. The van der Waals surface area contributed by atoms with Gasteiger partial charge in [-0.2, -0.15) is 0 Å². The van der Waals surface area contributed by atoms with Gasteiger partial charge in [-0.3, -0.25) is 0 Å². The first-order valence-corrected chi connectivity index (χ1v) is 8.24. The van der Waals surface area contributed by atoms with E-state index < -0.39 is 0 Å². The van der Waals surface area contributed by atoms with E-state index in [1.165, 1.54) is 0 Å². The van der Waals surface area contributed by atoms with Crippen LogP contribution in [0.5, 0.6) is 0 Å². The lowest BCUT2D eigenvalue weighted by Gasteiger charge is -2.22. The molecule has 0 aliphatic rings. The van der Waals surface area contributed by atoms with Crippen molar-refractivity contribution in [2.24, 2.45) is 0 Å². The van der Waals surface area contributed by atoms with Crippen LogP contribution >= 0.6 is 0 Å². The van der Waals surface area contributed by atoms with E-state index in [2.05, 4.69) is 14.9 Å². The van der Waals surface area contributed by atoms with Crippen molar-refractivity contribution in [3.63, 3.8) is 0 Å². The first-order chi connectivity index (χ1) is 12.1. The Hall–Kier alpha value is -2.38. The first-order valence-electron chi connectivity index (χ1n) is 8.24. The van der Waals surface area contributed by atoms with Crippen LogP contribution in [0.15, 0.2) is 36.7 Å². The molecule has 2 amide bonds. The molecule has 1 heterocycles. The summed E-state index contributed by atoms with van der Waals surface area (Å²) in [5.74, 6) is 0.976. The van der Waals surface area contributed by atoms with Gasteiger partial charge >= 0.3 is 6.03 Å². The molecule has 0 aliphatic carbocycles. The van der Waals surface area contributed by atoms with E-state index in [1.54, 1.807) is 25.3 Å². The number of hydrogen-bond acceptors (Lipinski definition) is 4. The van der Waals surface area contributed by atoms with Gasteiger partial charge in [0, 0.05) is 51.9 Å². The zero-order valence-electron chi connectivity index (χ0n) is 15.1. The van der Waals surface area contributed by atoms with Crippen LogP contribution in [0, 0.1) is 6.92 Å². The quantitative estimate of drug-likeness (QED) is 0.757. The summed E-state index contributed by atoms with van der Waals surface area (Å²) in [6.45, 7) is 4.74. The van der Waals surface area contributed by atoms with Gasteiger partial charge in [-0.25, -0.2) is 9.78 Å². The number of ether oxygens (including phenoxy) is 2. The van der Waals surface area contributed by atoms with E-state index in [0.29, 0.717) is 26.3 Å². The summed E-state index contributed by atoms with van der Waals surface area (Å²) in [6.07, 6.45) is 3.74. The number of aryl methyl sites for hydroxylation is 1. The molecule has 7 nitrogen and oxygen atoms in total. The monoisotopic (exact) mass is 346 g/mol.